The van der Waals surface area contributed by atoms with Crippen LogP contribution in [0.2, 0.25) is 0 Å². The molecule has 1 heterocycles. The highest BCUT2D eigenvalue weighted by Gasteiger charge is 2.34. The van der Waals surface area contributed by atoms with Crippen LogP contribution < -0.4 is 4.90 Å². The van der Waals surface area contributed by atoms with Crippen LogP contribution in [0, 0.1) is 6.92 Å². The molecule has 0 bridgehead atoms. The first-order valence-corrected chi connectivity index (χ1v) is 6.93. The van der Waals surface area contributed by atoms with Gasteiger partial charge in [-0.15, -0.1) is 0 Å². The molecule has 0 amide bonds. The number of aryl methyl sites for hydroxylation is 1. The van der Waals surface area contributed by atoms with E-state index in [1.165, 1.54) is 11.8 Å². The molecule has 0 N–H and O–H groups in total. The lowest BCUT2D eigenvalue weighted by Crippen LogP contribution is -2.54. The molecule has 0 aromatic heterocycles. The van der Waals surface area contributed by atoms with Crippen LogP contribution >= 0.6 is 0 Å². The van der Waals surface area contributed by atoms with E-state index >= 15 is 0 Å². The monoisotopic (exact) mass is 225 g/mol. The van der Waals surface area contributed by atoms with E-state index in [-0.39, 0.29) is 5.25 Å². The van der Waals surface area contributed by atoms with Crippen LogP contribution in [0.4, 0.5) is 5.69 Å². The third-order valence-electron chi connectivity index (χ3n) is 2.85. The Bertz CT molecular complexity index is 444. The number of hydrogen-bond acceptors (Lipinski definition) is 3. The highest BCUT2D eigenvalue weighted by molar-refractivity contribution is 7.91. The zero-order valence-electron chi connectivity index (χ0n) is 8.97. The van der Waals surface area contributed by atoms with Crippen LogP contribution in [0.3, 0.4) is 0 Å². The molecule has 1 saturated heterocycles. The Kier molecular flexibility index (Phi) is 2.46. The molecule has 0 spiro atoms. The van der Waals surface area contributed by atoms with E-state index < -0.39 is 9.84 Å². The van der Waals surface area contributed by atoms with E-state index in [2.05, 4.69) is 4.90 Å². The molecule has 4 heteroatoms. The third-order valence-corrected chi connectivity index (χ3v) is 4.36. The SMILES string of the molecule is Cc1ccc(N2CC(S(C)(=O)=O)C2)cc1. The summed E-state index contributed by atoms with van der Waals surface area (Å²) in [6.07, 6.45) is 1.31. The molecule has 0 atom stereocenters. The topological polar surface area (TPSA) is 37.4 Å². The minimum atomic E-state index is -2.86. The van der Waals surface area contributed by atoms with Gasteiger partial charge in [-0.25, -0.2) is 8.42 Å². The maximum absolute atomic E-state index is 11.2. The fourth-order valence-electron chi connectivity index (χ4n) is 1.68. The second-order valence-electron chi connectivity index (χ2n) is 4.19. The van der Waals surface area contributed by atoms with Gasteiger partial charge >= 0.3 is 0 Å². The predicted octanol–water partition coefficient (Wildman–Crippen LogP) is 1.23. The van der Waals surface area contributed by atoms with Crippen molar-refractivity contribution in [2.45, 2.75) is 12.2 Å². The van der Waals surface area contributed by atoms with Crippen LogP contribution in [0.1, 0.15) is 5.56 Å². The van der Waals surface area contributed by atoms with Gasteiger partial charge in [0.25, 0.3) is 0 Å². The van der Waals surface area contributed by atoms with Crippen molar-refractivity contribution in [1.29, 1.82) is 0 Å². The van der Waals surface area contributed by atoms with Crippen molar-refractivity contribution < 1.29 is 8.42 Å². The number of rotatable bonds is 2. The molecule has 0 radical (unpaired) electrons. The molecular formula is C11H15NO2S. The fourth-order valence-corrected chi connectivity index (χ4v) is 2.58. The Labute approximate surface area is 90.6 Å². The lowest BCUT2D eigenvalue weighted by molar-refractivity contribution is 0.547. The van der Waals surface area contributed by atoms with Crippen molar-refractivity contribution in [2.75, 3.05) is 24.2 Å². The van der Waals surface area contributed by atoms with E-state index in [0.29, 0.717) is 13.1 Å². The first kappa shape index (κ1) is 10.5. The summed E-state index contributed by atoms with van der Waals surface area (Å²) in [5.74, 6) is 0. The van der Waals surface area contributed by atoms with E-state index in [1.807, 2.05) is 31.2 Å². The number of nitrogens with zero attached hydrogens (tertiary/aromatic N) is 1. The number of benzene rings is 1. The predicted molar refractivity (Wildman–Crippen MR) is 62.0 cm³/mol. The minimum Gasteiger partial charge on any atom is -0.369 e. The first-order valence-electron chi connectivity index (χ1n) is 4.97. The lowest BCUT2D eigenvalue weighted by Gasteiger charge is -2.39. The lowest BCUT2D eigenvalue weighted by atomic mass is 10.1. The Morgan fingerprint density at radius 3 is 2.20 bits per heavy atom. The molecule has 15 heavy (non-hydrogen) atoms. The summed E-state index contributed by atoms with van der Waals surface area (Å²) in [7, 11) is -2.86. The van der Waals surface area contributed by atoms with Gasteiger partial charge in [0.1, 0.15) is 0 Å². The van der Waals surface area contributed by atoms with E-state index in [4.69, 9.17) is 0 Å². The quantitative estimate of drug-likeness (QED) is 0.759. The second kappa shape index (κ2) is 3.52. The van der Waals surface area contributed by atoms with Crippen molar-refractivity contribution in [3.05, 3.63) is 29.8 Å². The molecule has 1 aliphatic heterocycles. The molecule has 1 aliphatic rings. The van der Waals surface area contributed by atoms with E-state index in [9.17, 15) is 8.42 Å². The summed E-state index contributed by atoms with van der Waals surface area (Å²) in [4.78, 5) is 2.09. The van der Waals surface area contributed by atoms with Gasteiger partial charge in [-0.2, -0.15) is 0 Å². The van der Waals surface area contributed by atoms with Crippen molar-refractivity contribution in [3.8, 4) is 0 Å². The van der Waals surface area contributed by atoms with Crippen LogP contribution in [0.25, 0.3) is 0 Å². The molecule has 0 aliphatic carbocycles. The van der Waals surface area contributed by atoms with Gasteiger partial charge in [0.2, 0.25) is 0 Å². The largest absolute Gasteiger partial charge is 0.369 e. The first-order chi connectivity index (χ1) is 6.97. The zero-order chi connectivity index (χ0) is 11.1. The molecule has 3 nitrogen and oxygen atoms in total. The molecule has 1 fully saturated rings. The Morgan fingerprint density at radius 1 is 1.20 bits per heavy atom. The van der Waals surface area contributed by atoms with Crippen LogP contribution in [0.5, 0.6) is 0 Å². The average molecular weight is 225 g/mol. The zero-order valence-corrected chi connectivity index (χ0v) is 9.79. The van der Waals surface area contributed by atoms with E-state index in [1.54, 1.807) is 0 Å². The number of hydrogen-bond donors (Lipinski definition) is 0. The number of anilines is 1. The van der Waals surface area contributed by atoms with Crippen molar-refractivity contribution in [1.82, 2.24) is 0 Å². The Hall–Kier alpha value is -1.03. The average Bonchev–Trinajstić information content (AvgIpc) is 2.03. The van der Waals surface area contributed by atoms with Crippen LogP contribution in [-0.4, -0.2) is 33.0 Å². The maximum atomic E-state index is 11.2. The molecule has 1 aromatic rings. The Morgan fingerprint density at radius 2 is 1.73 bits per heavy atom. The summed E-state index contributed by atoms with van der Waals surface area (Å²) < 4.78 is 22.4. The molecule has 2 rings (SSSR count). The molecule has 0 saturated carbocycles. The van der Waals surface area contributed by atoms with Crippen molar-refractivity contribution in [2.24, 2.45) is 0 Å². The summed E-state index contributed by atoms with van der Waals surface area (Å²) in [5, 5.41) is -0.182. The van der Waals surface area contributed by atoms with Crippen LogP contribution in [-0.2, 0) is 9.84 Å². The molecule has 82 valence electrons. The van der Waals surface area contributed by atoms with Gasteiger partial charge in [-0.3, -0.25) is 0 Å². The maximum Gasteiger partial charge on any atom is 0.153 e. The Balaban J connectivity index is 2.04. The summed E-state index contributed by atoms with van der Waals surface area (Å²) >= 11 is 0. The van der Waals surface area contributed by atoms with Gasteiger partial charge in [-0.05, 0) is 19.1 Å². The summed E-state index contributed by atoms with van der Waals surface area (Å²) in [5.41, 5.74) is 2.33. The normalized spacial score (nSPS) is 17.6. The number of sulfone groups is 1. The van der Waals surface area contributed by atoms with Gasteiger partial charge < -0.3 is 4.90 Å². The summed E-state index contributed by atoms with van der Waals surface area (Å²) in [6, 6.07) is 8.16. The second-order valence-corrected chi connectivity index (χ2v) is 6.52. The van der Waals surface area contributed by atoms with Gasteiger partial charge in [0.15, 0.2) is 9.84 Å². The third kappa shape index (κ3) is 2.15. The van der Waals surface area contributed by atoms with Crippen molar-refractivity contribution >= 4 is 15.5 Å². The minimum absolute atomic E-state index is 0.182. The van der Waals surface area contributed by atoms with Crippen LogP contribution in [0.15, 0.2) is 24.3 Å². The van der Waals surface area contributed by atoms with Gasteiger partial charge in [0.05, 0.1) is 5.25 Å². The van der Waals surface area contributed by atoms with Gasteiger partial charge in [0, 0.05) is 25.0 Å². The molecule has 0 unspecified atom stereocenters. The molecule has 1 aromatic carbocycles. The highest BCUT2D eigenvalue weighted by Crippen LogP contribution is 2.24. The van der Waals surface area contributed by atoms with Crippen molar-refractivity contribution in [3.63, 3.8) is 0 Å². The molecular weight excluding hydrogens is 210 g/mol. The fraction of sp³-hybridized carbons (Fsp3) is 0.455. The summed E-state index contributed by atoms with van der Waals surface area (Å²) in [6.45, 7) is 3.29. The van der Waals surface area contributed by atoms with Gasteiger partial charge in [-0.1, -0.05) is 17.7 Å². The highest BCUT2D eigenvalue weighted by atomic mass is 32.2. The standard InChI is InChI=1S/C11H15NO2S/c1-9-3-5-10(6-4-9)12-7-11(8-12)15(2,13)14/h3-6,11H,7-8H2,1-2H3. The van der Waals surface area contributed by atoms with E-state index in [0.717, 1.165) is 5.69 Å². The smallest absolute Gasteiger partial charge is 0.153 e.